The maximum Gasteiger partial charge on any atom is 0.573 e. The van der Waals surface area contributed by atoms with Gasteiger partial charge in [-0.3, -0.25) is 9.10 Å². The molecule has 0 aromatic heterocycles. The van der Waals surface area contributed by atoms with Crippen LogP contribution in [-0.4, -0.2) is 33.3 Å². The van der Waals surface area contributed by atoms with Gasteiger partial charge in [-0.25, -0.2) is 8.42 Å². The molecule has 1 amide bonds. The first kappa shape index (κ1) is 27.3. The Hall–Kier alpha value is -3.73. The lowest BCUT2D eigenvalue weighted by Crippen LogP contribution is -2.49. The Morgan fingerprint density at radius 2 is 1.63 bits per heavy atom. The third kappa shape index (κ3) is 6.04. The van der Waals surface area contributed by atoms with Crippen molar-refractivity contribution in [3.63, 3.8) is 0 Å². The number of carbonyl (C=O) groups excluding carboxylic acids is 1. The van der Waals surface area contributed by atoms with Crippen LogP contribution in [0.15, 0.2) is 71.6 Å². The third-order valence-electron chi connectivity index (χ3n) is 5.95. The molecule has 1 aliphatic heterocycles. The number of amides is 1. The van der Waals surface area contributed by atoms with Crippen LogP contribution in [-0.2, 0) is 20.2 Å². The molecule has 0 saturated carbocycles. The molecule has 202 valence electrons. The second-order valence-electron chi connectivity index (χ2n) is 9.95. The number of nitrogens with zero attached hydrogens (tertiary/aromatic N) is 1. The molecule has 0 aliphatic carbocycles. The minimum absolute atomic E-state index is 0.0662. The fraction of sp³-hybridized carbons (Fsp3) is 0.296. The van der Waals surface area contributed by atoms with Crippen molar-refractivity contribution in [3.05, 3.63) is 77.9 Å². The number of hydrogen-bond donors (Lipinski definition) is 1. The highest BCUT2D eigenvalue weighted by Gasteiger charge is 2.38. The number of fused-ring (bicyclic) bond motifs is 1. The molecule has 4 rings (SSSR count). The van der Waals surface area contributed by atoms with Crippen molar-refractivity contribution in [1.82, 2.24) is 0 Å². The zero-order chi connectivity index (χ0) is 27.9. The van der Waals surface area contributed by atoms with Gasteiger partial charge in [0.1, 0.15) is 11.5 Å². The summed E-state index contributed by atoms with van der Waals surface area (Å²) >= 11 is 0. The van der Waals surface area contributed by atoms with Gasteiger partial charge in [-0.2, -0.15) is 0 Å². The first-order valence-electron chi connectivity index (χ1n) is 11.7. The standard InChI is InChI=1S/C27H27F3N2O5S/c1-17-5-12-21(13-6-17)38(34,35)32-16-24(36-23-14-7-18(15-22(23)32)26(2,3)4)25(33)31-19-8-10-20(11-9-19)37-27(28,29)30/h5-15,24H,16H2,1-4H3,(H,31,33)/t24-/m0/s1. The average molecular weight is 549 g/mol. The van der Waals surface area contributed by atoms with Gasteiger partial charge in [-0.1, -0.05) is 44.5 Å². The van der Waals surface area contributed by atoms with Crippen LogP contribution in [0.3, 0.4) is 0 Å². The molecule has 7 nitrogen and oxygen atoms in total. The van der Waals surface area contributed by atoms with E-state index in [0.717, 1.165) is 27.6 Å². The topological polar surface area (TPSA) is 84.9 Å². The zero-order valence-electron chi connectivity index (χ0n) is 21.2. The van der Waals surface area contributed by atoms with Gasteiger partial charge in [0.05, 0.1) is 17.1 Å². The van der Waals surface area contributed by atoms with Crippen molar-refractivity contribution in [2.45, 2.75) is 50.5 Å². The van der Waals surface area contributed by atoms with Crippen molar-refractivity contribution in [2.24, 2.45) is 0 Å². The van der Waals surface area contributed by atoms with Crippen molar-refractivity contribution in [1.29, 1.82) is 0 Å². The smallest absolute Gasteiger partial charge is 0.476 e. The number of benzene rings is 3. The quantitative estimate of drug-likeness (QED) is 0.437. The largest absolute Gasteiger partial charge is 0.573 e. The van der Waals surface area contributed by atoms with Crippen LogP contribution in [0.4, 0.5) is 24.5 Å². The molecule has 0 unspecified atom stereocenters. The number of nitrogens with one attached hydrogen (secondary N) is 1. The van der Waals surface area contributed by atoms with E-state index in [1.54, 1.807) is 24.3 Å². The summed E-state index contributed by atoms with van der Waals surface area (Å²) in [5.41, 5.74) is 2.01. The molecule has 38 heavy (non-hydrogen) atoms. The molecule has 0 bridgehead atoms. The predicted octanol–water partition coefficient (Wildman–Crippen LogP) is 5.79. The fourth-order valence-corrected chi connectivity index (χ4v) is 5.35. The van der Waals surface area contributed by atoms with E-state index in [1.165, 1.54) is 24.3 Å². The van der Waals surface area contributed by atoms with Gasteiger partial charge in [0.15, 0.2) is 6.10 Å². The number of carbonyl (C=O) groups is 1. The summed E-state index contributed by atoms with van der Waals surface area (Å²) in [5.74, 6) is -0.887. The molecular formula is C27H27F3N2O5S. The first-order chi connectivity index (χ1) is 17.6. The molecule has 0 spiro atoms. The van der Waals surface area contributed by atoms with Gasteiger partial charge in [0.2, 0.25) is 0 Å². The summed E-state index contributed by atoms with van der Waals surface area (Å²) in [4.78, 5) is 13.2. The van der Waals surface area contributed by atoms with E-state index in [-0.39, 0.29) is 28.3 Å². The van der Waals surface area contributed by atoms with Gasteiger partial charge in [-0.05, 0) is 66.4 Å². The van der Waals surface area contributed by atoms with Crippen molar-refractivity contribution in [2.75, 3.05) is 16.2 Å². The van der Waals surface area contributed by atoms with E-state index in [4.69, 9.17) is 4.74 Å². The number of rotatable bonds is 5. The molecule has 1 atom stereocenters. The number of halogens is 3. The number of hydrogen-bond acceptors (Lipinski definition) is 5. The molecule has 0 radical (unpaired) electrons. The third-order valence-corrected chi connectivity index (χ3v) is 7.75. The fourth-order valence-electron chi connectivity index (χ4n) is 3.88. The van der Waals surface area contributed by atoms with Crippen molar-refractivity contribution in [3.8, 4) is 11.5 Å². The van der Waals surface area contributed by atoms with E-state index in [0.29, 0.717) is 5.69 Å². The highest BCUT2D eigenvalue weighted by molar-refractivity contribution is 7.92. The van der Waals surface area contributed by atoms with Crippen LogP contribution in [0.2, 0.25) is 0 Å². The van der Waals surface area contributed by atoms with Gasteiger partial charge in [0.25, 0.3) is 15.9 Å². The Morgan fingerprint density at radius 1 is 1.00 bits per heavy atom. The highest BCUT2D eigenvalue weighted by Crippen LogP contribution is 2.40. The minimum atomic E-state index is -4.84. The van der Waals surface area contributed by atoms with E-state index < -0.39 is 34.1 Å². The van der Waals surface area contributed by atoms with E-state index in [1.807, 2.05) is 33.8 Å². The second-order valence-corrected chi connectivity index (χ2v) is 11.8. The van der Waals surface area contributed by atoms with E-state index in [2.05, 4.69) is 10.1 Å². The van der Waals surface area contributed by atoms with Crippen LogP contribution >= 0.6 is 0 Å². The maximum atomic E-state index is 13.7. The summed E-state index contributed by atoms with van der Waals surface area (Å²) in [6, 6.07) is 16.2. The molecule has 3 aromatic rings. The van der Waals surface area contributed by atoms with Crippen LogP contribution in [0, 0.1) is 6.92 Å². The first-order valence-corrected chi connectivity index (χ1v) is 13.1. The molecule has 3 aromatic carbocycles. The summed E-state index contributed by atoms with van der Waals surface area (Å²) < 4.78 is 75.6. The van der Waals surface area contributed by atoms with Crippen LogP contribution in [0.1, 0.15) is 31.9 Å². The van der Waals surface area contributed by atoms with E-state index in [9.17, 15) is 26.4 Å². The number of anilines is 2. The van der Waals surface area contributed by atoms with Gasteiger partial charge in [-0.15, -0.1) is 13.2 Å². The molecule has 1 heterocycles. The Bertz CT molecular complexity index is 1430. The lowest BCUT2D eigenvalue weighted by Gasteiger charge is -2.36. The second kappa shape index (κ2) is 9.86. The van der Waals surface area contributed by atoms with Gasteiger partial charge < -0.3 is 14.8 Å². The molecule has 1 N–H and O–H groups in total. The predicted molar refractivity (Wildman–Crippen MR) is 137 cm³/mol. The summed E-state index contributed by atoms with van der Waals surface area (Å²) in [5, 5.41) is 2.57. The number of ether oxygens (including phenoxy) is 2. The lowest BCUT2D eigenvalue weighted by atomic mass is 9.86. The minimum Gasteiger partial charge on any atom is -0.476 e. The summed E-state index contributed by atoms with van der Waals surface area (Å²) in [6.07, 6.45) is -6.07. The maximum absolute atomic E-state index is 13.7. The number of aryl methyl sites for hydroxylation is 1. The van der Waals surface area contributed by atoms with Crippen LogP contribution in [0.5, 0.6) is 11.5 Å². The van der Waals surface area contributed by atoms with Gasteiger partial charge in [0, 0.05) is 5.69 Å². The number of sulfonamides is 1. The Morgan fingerprint density at radius 3 is 2.21 bits per heavy atom. The van der Waals surface area contributed by atoms with E-state index >= 15 is 0 Å². The van der Waals surface area contributed by atoms with Crippen LogP contribution in [0.25, 0.3) is 0 Å². The monoisotopic (exact) mass is 548 g/mol. The molecule has 0 saturated heterocycles. The molecule has 0 fully saturated rings. The van der Waals surface area contributed by atoms with Gasteiger partial charge >= 0.3 is 6.36 Å². The molecule has 1 aliphatic rings. The Labute approximate surface area is 219 Å². The lowest BCUT2D eigenvalue weighted by molar-refractivity contribution is -0.274. The van der Waals surface area contributed by atoms with Crippen LogP contribution < -0.4 is 19.1 Å². The molecular weight excluding hydrogens is 521 g/mol. The average Bonchev–Trinajstić information content (AvgIpc) is 2.83. The number of alkyl halides is 3. The molecule has 11 heteroatoms. The highest BCUT2D eigenvalue weighted by atomic mass is 32.2. The summed E-state index contributed by atoms with van der Waals surface area (Å²) in [6.45, 7) is 7.53. The zero-order valence-corrected chi connectivity index (χ0v) is 22.0. The SMILES string of the molecule is Cc1ccc(S(=O)(=O)N2C[C@@H](C(=O)Nc3ccc(OC(F)(F)F)cc3)Oc3ccc(C(C)(C)C)cc32)cc1. The Balaban J connectivity index is 1.65. The Kier molecular flexibility index (Phi) is 7.09. The van der Waals surface area contributed by atoms with Crippen molar-refractivity contribution >= 4 is 27.3 Å². The summed E-state index contributed by atoms with van der Waals surface area (Å²) in [7, 11) is -4.07. The van der Waals surface area contributed by atoms with Crippen molar-refractivity contribution < 1.29 is 35.9 Å². The normalized spacial score (nSPS) is 15.9.